The number of amides is 1. The molecule has 0 aromatic carbocycles. The number of carbonyl (C=O) groups excluding carboxylic acids is 1. The highest BCUT2D eigenvalue weighted by atomic mass is 16.6. The Morgan fingerprint density at radius 1 is 1.12 bits per heavy atom. The molecule has 2 aliphatic heterocycles. The summed E-state index contributed by atoms with van der Waals surface area (Å²) < 4.78 is 5.49. The minimum atomic E-state index is -0.395. The van der Waals surface area contributed by atoms with Gasteiger partial charge in [-0.05, 0) is 46.5 Å². The zero-order valence-corrected chi connectivity index (χ0v) is 11.2. The average Bonchev–Trinajstić information content (AvgIpc) is 2.13. The maximum absolute atomic E-state index is 12.1. The molecule has 2 heterocycles. The third kappa shape index (κ3) is 3.12. The van der Waals surface area contributed by atoms with Crippen LogP contribution in [0.3, 0.4) is 0 Å². The van der Waals surface area contributed by atoms with E-state index in [0.29, 0.717) is 0 Å². The van der Waals surface area contributed by atoms with Crippen molar-refractivity contribution in [3.8, 4) is 0 Å². The molecule has 0 aromatic rings. The fourth-order valence-corrected chi connectivity index (χ4v) is 2.47. The van der Waals surface area contributed by atoms with Crippen molar-refractivity contribution >= 4 is 6.09 Å². The van der Waals surface area contributed by atoms with Gasteiger partial charge in [0.05, 0.1) is 6.17 Å². The van der Waals surface area contributed by atoms with E-state index in [1.54, 1.807) is 0 Å². The lowest BCUT2D eigenvalue weighted by molar-refractivity contribution is -0.0417. The van der Waals surface area contributed by atoms with Crippen molar-refractivity contribution in [2.75, 3.05) is 19.6 Å². The summed E-state index contributed by atoms with van der Waals surface area (Å²) in [5, 5.41) is 0. The van der Waals surface area contributed by atoms with Crippen LogP contribution in [-0.4, -0.2) is 47.3 Å². The van der Waals surface area contributed by atoms with Gasteiger partial charge in [-0.25, -0.2) is 4.79 Å². The van der Waals surface area contributed by atoms with Gasteiger partial charge >= 0.3 is 6.09 Å². The van der Waals surface area contributed by atoms with E-state index in [0.717, 1.165) is 32.5 Å². The quantitative estimate of drug-likeness (QED) is 0.705. The number of hydrogen-bond acceptors (Lipinski definition) is 3. The van der Waals surface area contributed by atoms with Gasteiger partial charge in [0.15, 0.2) is 0 Å². The largest absolute Gasteiger partial charge is 0.444 e. The van der Waals surface area contributed by atoms with Crippen LogP contribution in [0.2, 0.25) is 0 Å². The maximum atomic E-state index is 12.1. The third-order valence-corrected chi connectivity index (χ3v) is 3.41. The van der Waals surface area contributed by atoms with Crippen molar-refractivity contribution in [1.82, 2.24) is 9.80 Å². The number of carbonyl (C=O) groups is 1. The van der Waals surface area contributed by atoms with E-state index in [4.69, 9.17) is 4.74 Å². The van der Waals surface area contributed by atoms with Crippen molar-refractivity contribution in [3.05, 3.63) is 0 Å². The zero-order valence-electron chi connectivity index (χ0n) is 11.2. The molecule has 0 N–H and O–H groups in total. The number of ether oxygens (including phenoxy) is 1. The minimum Gasteiger partial charge on any atom is -0.444 e. The van der Waals surface area contributed by atoms with E-state index in [1.165, 1.54) is 12.8 Å². The van der Waals surface area contributed by atoms with Gasteiger partial charge in [0.25, 0.3) is 0 Å². The molecule has 0 aliphatic carbocycles. The van der Waals surface area contributed by atoms with Crippen LogP contribution in [0.15, 0.2) is 0 Å². The Kier molecular flexibility index (Phi) is 3.61. The molecule has 1 amide bonds. The Balaban J connectivity index is 1.97. The Bertz CT molecular complexity index is 282. The molecule has 2 rings (SSSR count). The summed E-state index contributed by atoms with van der Waals surface area (Å²) in [5.74, 6) is 0. The van der Waals surface area contributed by atoms with Gasteiger partial charge < -0.3 is 4.74 Å². The normalized spacial score (nSPS) is 26.5. The highest BCUT2D eigenvalue weighted by Gasteiger charge is 2.35. The predicted octanol–water partition coefficient (Wildman–Crippen LogP) is 2.44. The van der Waals surface area contributed by atoms with Crippen LogP contribution in [0.4, 0.5) is 4.79 Å². The minimum absolute atomic E-state index is 0.144. The van der Waals surface area contributed by atoms with Crippen molar-refractivity contribution in [2.45, 2.75) is 58.2 Å². The standard InChI is InChI=1S/C13H24N2O2/c1-13(2,3)17-12(16)15-10-5-4-7-11(15)14-8-6-9-14/h11H,4-10H2,1-3H3. The summed E-state index contributed by atoms with van der Waals surface area (Å²) in [6.07, 6.45) is 4.82. The van der Waals surface area contributed by atoms with Crippen LogP contribution in [0, 0.1) is 0 Å². The van der Waals surface area contributed by atoms with Gasteiger partial charge in [0, 0.05) is 19.6 Å². The highest BCUT2D eigenvalue weighted by Crippen LogP contribution is 2.25. The molecular formula is C13H24N2O2. The second-order valence-corrected chi connectivity index (χ2v) is 6.04. The second kappa shape index (κ2) is 4.84. The van der Waals surface area contributed by atoms with E-state index >= 15 is 0 Å². The Labute approximate surface area is 104 Å². The van der Waals surface area contributed by atoms with Crippen LogP contribution >= 0.6 is 0 Å². The lowest BCUT2D eigenvalue weighted by Gasteiger charge is -2.46. The molecule has 4 heteroatoms. The van der Waals surface area contributed by atoms with Crippen LogP contribution in [0.5, 0.6) is 0 Å². The average molecular weight is 240 g/mol. The summed E-state index contributed by atoms with van der Waals surface area (Å²) in [5.41, 5.74) is -0.395. The number of likely N-dealkylation sites (tertiary alicyclic amines) is 2. The predicted molar refractivity (Wildman–Crippen MR) is 66.8 cm³/mol. The summed E-state index contributed by atoms with van der Waals surface area (Å²) in [7, 11) is 0. The molecule has 1 atom stereocenters. The van der Waals surface area contributed by atoms with Crippen molar-refractivity contribution in [1.29, 1.82) is 0 Å². The van der Waals surface area contributed by atoms with E-state index < -0.39 is 5.60 Å². The fraction of sp³-hybridized carbons (Fsp3) is 0.923. The van der Waals surface area contributed by atoms with Gasteiger partial charge in [0.1, 0.15) is 5.60 Å². The summed E-state index contributed by atoms with van der Waals surface area (Å²) in [6, 6.07) is 0. The molecule has 0 radical (unpaired) electrons. The van der Waals surface area contributed by atoms with E-state index in [9.17, 15) is 4.79 Å². The molecule has 4 nitrogen and oxygen atoms in total. The fourth-order valence-electron chi connectivity index (χ4n) is 2.47. The molecule has 2 fully saturated rings. The molecule has 0 aromatic heterocycles. The molecule has 98 valence electrons. The van der Waals surface area contributed by atoms with Gasteiger partial charge in [-0.1, -0.05) is 0 Å². The summed E-state index contributed by atoms with van der Waals surface area (Å²) in [4.78, 5) is 16.5. The third-order valence-electron chi connectivity index (χ3n) is 3.41. The van der Waals surface area contributed by atoms with Crippen LogP contribution < -0.4 is 0 Å². The Morgan fingerprint density at radius 2 is 1.82 bits per heavy atom. The van der Waals surface area contributed by atoms with E-state index in [2.05, 4.69) is 4.90 Å². The Morgan fingerprint density at radius 3 is 2.35 bits per heavy atom. The molecule has 17 heavy (non-hydrogen) atoms. The van der Waals surface area contributed by atoms with Crippen molar-refractivity contribution < 1.29 is 9.53 Å². The number of hydrogen-bond donors (Lipinski definition) is 0. The second-order valence-electron chi connectivity index (χ2n) is 6.04. The van der Waals surface area contributed by atoms with Crippen LogP contribution in [-0.2, 0) is 4.74 Å². The number of nitrogens with zero attached hydrogens (tertiary/aromatic N) is 2. The van der Waals surface area contributed by atoms with Crippen LogP contribution in [0.1, 0.15) is 46.5 Å². The van der Waals surface area contributed by atoms with Crippen molar-refractivity contribution in [2.24, 2.45) is 0 Å². The SMILES string of the molecule is CC(C)(C)OC(=O)N1CCCCC1N1CCC1. The zero-order chi connectivity index (χ0) is 12.5. The lowest BCUT2D eigenvalue weighted by atomic mass is 10.0. The lowest BCUT2D eigenvalue weighted by Crippen LogP contribution is -2.58. The van der Waals surface area contributed by atoms with Gasteiger partial charge in [-0.15, -0.1) is 0 Å². The molecule has 2 aliphatic rings. The first-order chi connectivity index (χ1) is 7.97. The van der Waals surface area contributed by atoms with Gasteiger partial charge in [0.2, 0.25) is 0 Å². The maximum Gasteiger partial charge on any atom is 0.411 e. The van der Waals surface area contributed by atoms with Crippen LogP contribution in [0.25, 0.3) is 0 Å². The highest BCUT2D eigenvalue weighted by molar-refractivity contribution is 5.68. The first-order valence-corrected chi connectivity index (χ1v) is 6.71. The first-order valence-electron chi connectivity index (χ1n) is 6.71. The summed E-state index contributed by atoms with van der Waals surface area (Å²) >= 11 is 0. The number of rotatable bonds is 1. The monoisotopic (exact) mass is 240 g/mol. The number of piperidine rings is 1. The Hall–Kier alpha value is -0.770. The summed E-state index contributed by atoms with van der Waals surface area (Å²) in [6.45, 7) is 8.87. The molecule has 0 saturated carbocycles. The first kappa shape index (κ1) is 12.7. The van der Waals surface area contributed by atoms with E-state index in [1.807, 2.05) is 25.7 Å². The van der Waals surface area contributed by atoms with Gasteiger partial charge in [-0.2, -0.15) is 0 Å². The smallest absolute Gasteiger partial charge is 0.411 e. The molecular weight excluding hydrogens is 216 g/mol. The molecule has 1 unspecified atom stereocenters. The topological polar surface area (TPSA) is 32.8 Å². The van der Waals surface area contributed by atoms with Crippen molar-refractivity contribution in [3.63, 3.8) is 0 Å². The van der Waals surface area contributed by atoms with E-state index in [-0.39, 0.29) is 12.3 Å². The molecule has 0 spiro atoms. The molecule has 2 saturated heterocycles. The molecule has 0 bridgehead atoms. The van der Waals surface area contributed by atoms with Gasteiger partial charge in [-0.3, -0.25) is 9.80 Å².